The Morgan fingerprint density at radius 1 is 1.31 bits per heavy atom. The molecule has 4 rings (SSSR count). The molecule has 0 radical (unpaired) electrons. The summed E-state index contributed by atoms with van der Waals surface area (Å²) < 4.78 is 5.53. The average Bonchev–Trinajstić information content (AvgIpc) is 3.15. The minimum absolute atomic E-state index is 0.165. The van der Waals surface area contributed by atoms with Crippen LogP contribution in [0.3, 0.4) is 0 Å². The number of benzene rings is 1. The first-order valence-electron chi connectivity index (χ1n) is 10.1. The van der Waals surface area contributed by atoms with Gasteiger partial charge in [-0.05, 0) is 32.8 Å². The summed E-state index contributed by atoms with van der Waals surface area (Å²) in [7, 11) is 0. The quantitative estimate of drug-likeness (QED) is 0.754. The van der Waals surface area contributed by atoms with Gasteiger partial charge < -0.3 is 25.0 Å². The monoisotopic (exact) mass is 396 g/mol. The number of anilines is 2. The molecular weight excluding hydrogens is 368 g/mol. The maximum Gasteiger partial charge on any atom is 0.324 e. The fourth-order valence-electron chi connectivity index (χ4n) is 4.23. The predicted molar refractivity (Wildman–Crippen MR) is 113 cm³/mol. The van der Waals surface area contributed by atoms with E-state index in [4.69, 9.17) is 9.93 Å². The van der Waals surface area contributed by atoms with E-state index in [0.717, 1.165) is 55.8 Å². The largest absolute Gasteiger partial charge is 0.382 e. The molecule has 0 atom stereocenters. The van der Waals surface area contributed by atoms with E-state index in [0.29, 0.717) is 11.8 Å². The van der Waals surface area contributed by atoms with Gasteiger partial charge in [0.05, 0.1) is 0 Å². The lowest BCUT2D eigenvalue weighted by Gasteiger charge is -2.53. The minimum Gasteiger partial charge on any atom is -0.382 e. The van der Waals surface area contributed by atoms with Gasteiger partial charge >= 0.3 is 6.01 Å². The molecule has 8 heteroatoms. The van der Waals surface area contributed by atoms with Crippen LogP contribution in [-0.4, -0.2) is 59.4 Å². The van der Waals surface area contributed by atoms with Gasteiger partial charge in [0.1, 0.15) is 0 Å². The molecule has 2 aromatic rings. The highest BCUT2D eigenvalue weighted by Crippen LogP contribution is 2.42. The minimum atomic E-state index is 0.165. The molecule has 1 amide bonds. The van der Waals surface area contributed by atoms with Crippen LogP contribution in [0.5, 0.6) is 0 Å². The number of hydrogen-bond donors (Lipinski definition) is 2. The zero-order valence-electron chi connectivity index (χ0n) is 17.2. The Hall–Kier alpha value is -2.90. The van der Waals surface area contributed by atoms with E-state index in [2.05, 4.69) is 34.2 Å². The van der Waals surface area contributed by atoms with Gasteiger partial charge in [0.25, 0.3) is 0 Å². The highest BCUT2D eigenvalue weighted by Gasteiger charge is 2.46. The number of piperidine rings is 1. The SMILES string of the molecule is CC(=O)N1CCC2(CC1)CN(c1nc(-c3ccc(C=N)c(NC(C)C)c3)no1)C2. The summed E-state index contributed by atoms with van der Waals surface area (Å²) >= 11 is 0. The Bertz CT molecular complexity index is 906. The summed E-state index contributed by atoms with van der Waals surface area (Å²) in [4.78, 5) is 20.2. The second-order valence-electron chi connectivity index (χ2n) is 8.51. The fraction of sp³-hybridized carbons (Fsp3) is 0.524. The third-order valence-corrected chi connectivity index (χ3v) is 5.92. The Morgan fingerprint density at radius 3 is 2.66 bits per heavy atom. The van der Waals surface area contributed by atoms with E-state index in [1.807, 2.05) is 23.1 Å². The molecule has 8 nitrogen and oxygen atoms in total. The van der Waals surface area contributed by atoms with Gasteiger partial charge in [-0.1, -0.05) is 17.3 Å². The topological polar surface area (TPSA) is 98.4 Å². The predicted octanol–water partition coefficient (Wildman–Crippen LogP) is 3.00. The zero-order chi connectivity index (χ0) is 20.6. The highest BCUT2D eigenvalue weighted by molar-refractivity contribution is 5.87. The molecule has 2 aliphatic rings. The van der Waals surface area contributed by atoms with Gasteiger partial charge in [-0.3, -0.25) is 4.79 Å². The van der Waals surface area contributed by atoms with Gasteiger partial charge in [-0.25, -0.2) is 0 Å². The molecule has 1 aromatic heterocycles. The molecule has 2 aliphatic heterocycles. The molecule has 0 unspecified atom stereocenters. The maximum absolute atomic E-state index is 11.5. The third-order valence-electron chi connectivity index (χ3n) is 5.92. The molecule has 0 aliphatic carbocycles. The van der Waals surface area contributed by atoms with Gasteiger partial charge in [0.15, 0.2) is 0 Å². The van der Waals surface area contributed by atoms with Gasteiger partial charge in [0, 0.05) is 67.6 Å². The summed E-state index contributed by atoms with van der Waals surface area (Å²) in [6.45, 7) is 9.23. The summed E-state index contributed by atoms with van der Waals surface area (Å²) in [6.07, 6.45) is 3.39. The molecule has 2 saturated heterocycles. The number of hydrogen-bond acceptors (Lipinski definition) is 7. The highest BCUT2D eigenvalue weighted by atomic mass is 16.5. The van der Waals surface area contributed by atoms with Gasteiger partial charge in [0.2, 0.25) is 11.7 Å². The first-order valence-corrected chi connectivity index (χ1v) is 10.1. The number of carbonyl (C=O) groups excluding carboxylic acids is 1. The van der Waals surface area contributed by atoms with E-state index >= 15 is 0 Å². The standard InChI is InChI=1S/C21H28N6O2/c1-14(2)23-18-10-16(4-5-17(18)11-22)19-24-20(29-25-19)27-12-21(13-27)6-8-26(9-7-21)15(3)28/h4-5,10-11,14,22-23H,6-9,12-13H2,1-3H3. The van der Waals surface area contributed by atoms with Crippen LogP contribution >= 0.6 is 0 Å². The molecule has 3 heterocycles. The lowest BCUT2D eigenvalue weighted by Crippen LogP contribution is -2.61. The Labute approximate surface area is 170 Å². The van der Waals surface area contributed by atoms with Crippen LogP contribution in [0, 0.1) is 10.8 Å². The summed E-state index contributed by atoms with van der Waals surface area (Å²) in [6, 6.07) is 6.58. The van der Waals surface area contributed by atoms with Crippen molar-refractivity contribution in [3.63, 3.8) is 0 Å². The number of rotatable bonds is 5. The van der Waals surface area contributed by atoms with E-state index in [1.54, 1.807) is 6.92 Å². The van der Waals surface area contributed by atoms with Crippen LogP contribution in [-0.2, 0) is 4.79 Å². The number of amides is 1. The average molecular weight is 396 g/mol. The van der Waals surface area contributed by atoms with Crippen molar-refractivity contribution in [2.45, 2.75) is 39.7 Å². The molecule has 29 heavy (non-hydrogen) atoms. The molecule has 0 saturated carbocycles. The fourth-order valence-corrected chi connectivity index (χ4v) is 4.23. The van der Waals surface area contributed by atoms with Crippen molar-refractivity contribution in [2.24, 2.45) is 5.41 Å². The molecule has 1 aromatic carbocycles. The zero-order valence-corrected chi connectivity index (χ0v) is 17.2. The van der Waals surface area contributed by atoms with Crippen LogP contribution in [0.2, 0.25) is 0 Å². The summed E-state index contributed by atoms with van der Waals surface area (Å²) in [5, 5.41) is 15.1. The lowest BCUT2D eigenvalue weighted by molar-refractivity contribution is -0.131. The number of nitrogens with zero attached hydrogens (tertiary/aromatic N) is 4. The number of likely N-dealkylation sites (tertiary alicyclic amines) is 1. The van der Waals surface area contributed by atoms with Gasteiger partial charge in [-0.15, -0.1) is 0 Å². The molecule has 0 bridgehead atoms. The molecule has 2 N–H and O–H groups in total. The van der Waals surface area contributed by atoms with Crippen molar-refractivity contribution in [1.82, 2.24) is 15.0 Å². The molecule has 154 valence electrons. The van der Waals surface area contributed by atoms with Crippen molar-refractivity contribution in [1.29, 1.82) is 5.41 Å². The van der Waals surface area contributed by atoms with E-state index in [-0.39, 0.29) is 17.4 Å². The van der Waals surface area contributed by atoms with Crippen molar-refractivity contribution in [3.8, 4) is 11.4 Å². The molecule has 2 fully saturated rings. The van der Waals surface area contributed by atoms with Crippen molar-refractivity contribution < 1.29 is 9.32 Å². The Kier molecular flexibility index (Phi) is 5.02. The van der Waals surface area contributed by atoms with Crippen molar-refractivity contribution in [3.05, 3.63) is 23.8 Å². The summed E-state index contributed by atoms with van der Waals surface area (Å²) in [5.41, 5.74) is 2.84. The van der Waals surface area contributed by atoms with Crippen LogP contribution in [0.1, 0.15) is 39.2 Å². The smallest absolute Gasteiger partial charge is 0.324 e. The summed E-state index contributed by atoms with van der Waals surface area (Å²) in [5.74, 6) is 0.716. The van der Waals surface area contributed by atoms with Crippen LogP contribution in [0.15, 0.2) is 22.7 Å². The first-order chi connectivity index (χ1) is 13.9. The molecule has 1 spiro atoms. The van der Waals surface area contributed by atoms with Crippen LogP contribution in [0.25, 0.3) is 11.4 Å². The lowest BCUT2D eigenvalue weighted by atomic mass is 9.72. The second kappa shape index (κ2) is 7.50. The van der Waals surface area contributed by atoms with E-state index in [9.17, 15) is 4.79 Å². The van der Waals surface area contributed by atoms with Gasteiger partial charge in [-0.2, -0.15) is 4.98 Å². The number of aromatic nitrogens is 2. The number of nitrogens with one attached hydrogen (secondary N) is 2. The number of carbonyl (C=O) groups is 1. The first kappa shape index (κ1) is 19.4. The Morgan fingerprint density at radius 2 is 2.03 bits per heavy atom. The van der Waals surface area contributed by atoms with E-state index < -0.39 is 0 Å². The Balaban J connectivity index is 1.44. The van der Waals surface area contributed by atoms with E-state index in [1.165, 1.54) is 6.21 Å². The van der Waals surface area contributed by atoms with Crippen molar-refractivity contribution >= 4 is 23.8 Å². The third kappa shape index (κ3) is 3.83. The maximum atomic E-state index is 11.5. The normalized spacial score (nSPS) is 18.1. The second-order valence-corrected chi connectivity index (χ2v) is 8.51. The molecular formula is C21H28N6O2. The van der Waals surface area contributed by atoms with Crippen molar-refractivity contribution in [2.75, 3.05) is 36.4 Å². The van der Waals surface area contributed by atoms with Crippen LogP contribution < -0.4 is 10.2 Å². The van der Waals surface area contributed by atoms with Crippen LogP contribution in [0.4, 0.5) is 11.7 Å².